The van der Waals surface area contributed by atoms with Crippen LogP contribution in [0.3, 0.4) is 0 Å². The van der Waals surface area contributed by atoms with Crippen molar-refractivity contribution in [3.63, 3.8) is 0 Å². The van der Waals surface area contributed by atoms with E-state index in [1.807, 2.05) is 24.3 Å². The summed E-state index contributed by atoms with van der Waals surface area (Å²) < 4.78 is 19.6. The monoisotopic (exact) mass is 223 g/mol. The first-order valence-corrected chi connectivity index (χ1v) is 5.80. The van der Waals surface area contributed by atoms with E-state index in [0.29, 0.717) is 11.3 Å². The summed E-state index contributed by atoms with van der Waals surface area (Å²) in [6, 6.07) is 7.39. The summed E-state index contributed by atoms with van der Waals surface area (Å²) >= 11 is 0. The third-order valence-corrected chi connectivity index (χ3v) is 3.23. The summed E-state index contributed by atoms with van der Waals surface area (Å²) in [6.45, 7) is 1.83. The molecule has 16 heavy (non-hydrogen) atoms. The normalized spacial score (nSPS) is 19.4. The quantitative estimate of drug-likeness (QED) is 0.850. The minimum Gasteiger partial charge on any atom is -0.496 e. The zero-order valence-electron chi connectivity index (χ0n) is 9.58. The molecule has 2 nitrogen and oxygen atoms in total. The first-order valence-electron chi connectivity index (χ1n) is 5.80. The van der Waals surface area contributed by atoms with Gasteiger partial charge in [-0.15, -0.1) is 0 Å². The fraction of sp³-hybridized carbons (Fsp3) is 0.538. The smallest absolute Gasteiger partial charge is 0.132 e. The molecule has 1 saturated heterocycles. The van der Waals surface area contributed by atoms with Crippen LogP contribution in [0.2, 0.25) is 0 Å². The highest BCUT2D eigenvalue weighted by atomic mass is 19.1. The van der Waals surface area contributed by atoms with Gasteiger partial charge in [0.15, 0.2) is 0 Å². The standard InChI is InChI=1S/C13H18FNO/c1-16-12-5-3-2-4-11(12)13(14)10-6-8-15-9-7-10/h2-5,10,13,15H,6-9H2,1H3. The van der Waals surface area contributed by atoms with Gasteiger partial charge in [0.05, 0.1) is 7.11 Å². The Morgan fingerprint density at radius 2 is 2.00 bits per heavy atom. The lowest BCUT2D eigenvalue weighted by atomic mass is 9.89. The Balaban J connectivity index is 2.15. The zero-order valence-corrected chi connectivity index (χ0v) is 9.58. The van der Waals surface area contributed by atoms with E-state index in [-0.39, 0.29) is 5.92 Å². The van der Waals surface area contributed by atoms with Crippen molar-refractivity contribution in [1.82, 2.24) is 5.32 Å². The van der Waals surface area contributed by atoms with Crippen LogP contribution >= 0.6 is 0 Å². The number of methoxy groups -OCH3 is 1. The molecule has 1 aliphatic rings. The van der Waals surface area contributed by atoms with Gasteiger partial charge in [-0.3, -0.25) is 0 Å². The van der Waals surface area contributed by atoms with Gasteiger partial charge in [0.1, 0.15) is 11.9 Å². The summed E-state index contributed by atoms with van der Waals surface area (Å²) in [7, 11) is 1.59. The molecule has 1 atom stereocenters. The third-order valence-electron chi connectivity index (χ3n) is 3.23. The third kappa shape index (κ3) is 2.35. The van der Waals surface area contributed by atoms with Crippen molar-refractivity contribution >= 4 is 0 Å². The Kier molecular flexibility index (Phi) is 3.78. The second-order valence-electron chi connectivity index (χ2n) is 4.23. The topological polar surface area (TPSA) is 21.3 Å². The molecule has 0 bridgehead atoms. The number of piperidine rings is 1. The summed E-state index contributed by atoms with van der Waals surface area (Å²) in [6.07, 6.45) is 0.900. The summed E-state index contributed by atoms with van der Waals surface area (Å²) in [4.78, 5) is 0. The van der Waals surface area contributed by atoms with Gasteiger partial charge in [0, 0.05) is 5.56 Å². The zero-order chi connectivity index (χ0) is 11.4. The Hall–Kier alpha value is -1.09. The van der Waals surface area contributed by atoms with Crippen LogP contribution in [0.25, 0.3) is 0 Å². The van der Waals surface area contributed by atoms with Crippen LogP contribution in [0.15, 0.2) is 24.3 Å². The van der Waals surface area contributed by atoms with Crippen LogP contribution in [0.1, 0.15) is 24.6 Å². The number of hydrogen-bond acceptors (Lipinski definition) is 2. The van der Waals surface area contributed by atoms with Crippen molar-refractivity contribution in [3.8, 4) is 5.75 Å². The second-order valence-corrected chi connectivity index (χ2v) is 4.23. The van der Waals surface area contributed by atoms with Crippen LogP contribution < -0.4 is 10.1 Å². The molecular weight excluding hydrogens is 205 g/mol. The van der Waals surface area contributed by atoms with Gasteiger partial charge in [-0.1, -0.05) is 18.2 Å². The van der Waals surface area contributed by atoms with Crippen molar-refractivity contribution in [2.24, 2.45) is 5.92 Å². The van der Waals surface area contributed by atoms with E-state index >= 15 is 0 Å². The number of benzene rings is 1. The molecule has 1 unspecified atom stereocenters. The van der Waals surface area contributed by atoms with Crippen molar-refractivity contribution in [3.05, 3.63) is 29.8 Å². The fourth-order valence-electron chi connectivity index (χ4n) is 2.29. The average molecular weight is 223 g/mol. The Bertz CT molecular complexity index is 336. The molecule has 1 fully saturated rings. The highest BCUT2D eigenvalue weighted by molar-refractivity contribution is 5.35. The molecule has 0 radical (unpaired) electrons. The lowest BCUT2D eigenvalue weighted by Crippen LogP contribution is -2.29. The van der Waals surface area contributed by atoms with Crippen LogP contribution in [-0.2, 0) is 0 Å². The first-order chi connectivity index (χ1) is 7.83. The average Bonchev–Trinajstić information content (AvgIpc) is 2.39. The van der Waals surface area contributed by atoms with E-state index < -0.39 is 6.17 Å². The van der Waals surface area contributed by atoms with Gasteiger partial charge in [0.25, 0.3) is 0 Å². The molecule has 0 aliphatic carbocycles. The predicted octanol–water partition coefficient (Wildman–Crippen LogP) is 2.71. The molecular formula is C13H18FNO. The summed E-state index contributed by atoms with van der Waals surface area (Å²) in [5.74, 6) is 0.783. The maximum Gasteiger partial charge on any atom is 0.132 e. The molecule has 2 rings (SSSR count). The highest BCUT2D eigenvalue weighted by Gasteiger charge is 2.26. The van der Waals surface area contributed by atoms with Gasteiger partial charge < -0.3 is 10.1 Å². The largest absolute Gasteiger partial charge is 0.496 e. The van der Waals surface area contributed by atoms with E-state index in [1.165, 1.54) is 0 Å². The van der Waals surface area contributed by atoms with Gasteiger partial charge in [-0.2, -0.15) is 0 Å². The molecule has 1 aliphatic heterocycles. The van der Waals surface area contributed by atoms with Gasteiger partial charge in [-0.25, -0.2) is 4.39 Å². The van der Waals surface area contributed by atoms with Crippen molar-refractivity contribution in [2.75, 3.05) is 20.2 Å². The van der Waals surface area contributed by atoms with Crippen molar-refractivity contribution in [1.29, 1.82) is 0 Å². The van der Waals surface area contributed by atoms with Crippen molar-refractivity contribution < 1.29 is 9.13 Å². The Labute approximate surface area is 95.8 Å². The lowest BCUT2D eigenvalue weighted by molar-refractivity contribution is 0.186. The van der Waals surface area contributed by atoms with E-state index in [4.69, 9.17) is 4.74 Å². The molecule has 1 aromatic rings. The molecule has 1 heterocycles. The number of para-hydroxylation sites is 1. The Morgan fingerprint density at radius 1 is 1.31 bits per heavy atom. The molecule has 3 heteroatoms. The van der Waals surface area contributed by atoms with Crippen LogP contribution in [0.4, 0.5) is 4.39 Å². The van der Waals surface area contributed by atoms with Gasteiger partial charge in [-0.05, 0) is 37.9 Å². The van der Waals surface area contributed by atoms with E-state index in [2.05, 4.69) is 5.32 Å². The van der Waals surface area contributed by atoms with Crippen LogP contribution in [-0.4, -0.2) is 20.2 Å². The maximum absolute atomic E-state index is 14.4. The molecule has 0 amide bonds. The van der Waals surface area contributed by atoms with E-state index in [9.17, 15) is 4.39 Å². The van der Waals surface area contributed by atoms with E-state index in [0.717, 1.165) is 25.9 Å². The number of alkyl halides is 1. The molecule has 88 valence electrons. The minimum atomic E-state index is -0.904. The molecule has 1 N–H and O–H groups in total. The fourth-order valence-corrected chi connectivity index (χ4v) is 2.29. The van der Waals surface area contributed by atoms with Crippen LogP contribution in [0, 0.1) is 5.92 Å². The molecule has 1 aromatic carbocycles. The summed E-state index contributed by atoms with van der Waals surface area (Å²) in [5.41, 5.74) is 0.692. The highest BCUT2D eigenvalue weighted by Crippen LogP contribution is 2.36. The minimum absolute atomic E-state index is 0.123. The molecule has 0 aromatic heterocycles. The predicted molar refractivity (Wildman–Crippen MR) is 62.4 cm³/mol. The molecule has 0 saturated carbocycles. The second kappa shape index (κ2) is 5.30. The van der Waals surface area contributed by atoms with E-state index in [1.54, 1.807) is 7.11 Å². The number of nitrogens with one attached hydrogen (secondary N) is 1. The van der Waals surface area contributed by atoms with Crippen molar-refractivity contribution in [2.45, 2.75) is 19.0 Å². The number of hydrogen-bond donors (Lipinski definition) is 1. The summed E-state index contributed by atoms with van der Waals surface area (Å²) in [5, 5.41) is 3.25. The Morgan fingerprint density at radius 3 is 2.69 bits per heavy atom. The number of rotatable bonds is 3. The maximum atomic E-state index is 14.4. The van der Waals surface area contributed by atoms with Gasteiger partial charge >= 0.3 is 0 Å². The van der Waals surface area contributed by atoms with Crippen LogP contribution in [0.5, 0.6) is 5.75 Å². The first kappa shape index (κ1) is 11.4. The SMILES string of the molecule is COc1ccccc1C(F)C1CCNCC1. The number of halogens is 1. The number of ether oxygens (including phenoxy) is 1. The van der Waals surface area contributed by atoms with Gasteiger partial charge in [0.2, 0.25) is 0 Å². The molecule has 0 spiro atoms. The lowest BCUT2D eigenvalue weighted by Gasteiger charge is -2.26.